The predicted molar refractivity (Wildman–Crippen MR) is 81.8 cm³/mol. The Morgan fingerprint density at radius 1 is 1.27 bits per heavy atom. The van der Waals surface area contributed by atoms with Crippen molar-refractivity contribution in [1.82, 2.24) is 10.3 Å². The van der Waals surface area contributed by atoms with Crippen LogP contribution in [0.3, 0.4) is 0 Å². The lowest BCUT2D eigenvalue weighted by Crippen LogP contribution is -2.32. The number of pyridine rings is 1. The van der Waals surface area contributed by atoms with E-state index in [1.807, 2.05) is 12.1 Å². The van der Waals surface area contributed by atoms with E-state index >= 15 is 0 Å². The molecule has 0 spiro atoms. The number of nitrogens with one attached hydrogen (secondary N) is 1. The van der Waals surface area contributed by atoms with Crippen molar-refractivity contribution < 1.29 is 19.4 Å². The highest BCUT2D eigenvalue weighted by Gasteiger charge is 2.18. The first-order chi connectivity index (χ1) is 10.3. The maximum absolute atomic E-state index is 11.7. The minimum atomic E-state index is -1.13. The first kappa shape index (κ1) is 15.8. The number of hydrogen-bond donors (Lipinski definition) is 2. The van der Waals surface area contributed by atoms with Gasteiger partial charge in [-0.3, -0.25) is 0 Å². The number of nitrogens with zero attached hydrogens (tertiary/aromatic N) is 1. The van der Waals surface area contributed by atoms with Crippen LogP contribution in [0.15, 0.2) is 30.3 Å². The molecule has 1 aromatic carbocycles. The molecule has 22 heavy (non-hydrogen) atoms. The molecule has 0 bridgehead atoms. The van der Waals surface area contributed by atoms with Crippen LogP contribution in [0.1, 0.15) is 36.8 Å². The Kier molecular flexibility index (Phi) is 4.30. The van der Waals surface area contributed by atoms with Crippen molar-refractivity contribution in [2.75, 3.05) is 0 Å². The van der Waals surface area contributed by atoms with E-state index in [1.54, 1.807) is 39.0 Å². The average Bonchev–Trinajstić information content (AvgIpc) is 2.42. The molecule has 0 saturated carbocycles. The van der Waals surface area contributed by atoms with Crippen LogP contribution in [-0.4, -0.2) is 27.8 Å². The van der Waals surface area contributed by atoms with E-state index in [2.05, 4.69) is 10.3 Å². The standard InChI is InChI=1S/C16H18N2O4/c1-16(2,3)22-15(21)17-9-11-8-10-6-4-5-7-12(10)18-13(11)14(19)20/h4-8H,9H2,1-3H3,(H,17,21)(H,19,20). The minimum absolute atomic E-state index is 0.0361. The number of aromatic nitrogens is 1. The molecule has 6 heteroatoms. The molecular weight excluding hydrogens is 284 g/mol. The summed E-state index contributed by atoms with van der Waals surface area (Å²) < 4.78 is 5.13. The SMILES string of the molecule is CC(C)(C)OC(=O)NCc1cc2ccccc2nc1C(=O)O. The molecule has 6 nitrogen and oxygen atoms in total. The number of carboxylic acid groups (broad SMARTS) is 1. The van der Waals surface area contributed by atoms with Gasteiger partial charge >= 0.3 is 12.1 Å². The van der Waals surface area contributed by atoms with Crippen LogP contribution in [0.5, 0.6) is 0 Å². The number of rotatable bonds is 3. The first-order valence-electron chi connectivity index (χ1n) is 6.85. The number of carbonyl (C=O) groups excluding carboxylic acids is 1. The number of benzene rings is 1. The molecule has 0 aliphatic heterocycles. The molecule has 1 heterocycles. The van der Waals surface area contributed by atoms with Crippen LogP contribution < -0.4 is 5.32 Å². The topological polar surface area (TPSA) is 88.5 Å². The van der Waals surface area contributed by atoms with E-state index < -0.39 is 17.7 Å². The summed E-state index contributed by atoms with van der Waals surface area (Å²) >= 11 is 0. The molecule has 116 valence electrons. The van der Waals surface area contributed by atoms with E-state index in [0.29, 0.717) is 11.1 Å². The molecule has 1 aromatic heterocycles. The number of fused-ring (bicyclic) bond motifs is 1. The second-order valence-electron chi connectivity index (χ2n) is 5.85. The zero-order chi connectivity index (χ0) is 16.3. The summed E-state index contributed by atoms with van der Waals surface area (Å²) in [7, 11) is 0. The van der Waals surface area contributed by atoms with Crippen LogP contribution in [0.4, 0.5) is 4.79 Å². The maximum Gasteiger partial charge on any atom is 0.407 e. The van der Waals surface area contributed by atoms with Crippen molar-refractivity contribution in [1.29, 1.82) is 0 Å². The number of para-hydroxylation sites is 1. The van der Waals surface area contributed by atoms with Gasteiger partial charge in [0.2, 0.25) is 0 Å². The van der Waals surface area contributed by atoms with E-state index in [1.165, 1.54) is 0 Å². The van der Waals surface area contributed by atoms with Crippen LogP contribution in [0.2, 0.25) is 0 Å². The van der Waals surface area contributed by atoms with Gasteiger partial charge in [0.05, 0.1) is 5.52 Å². The molecule has 0 aliphatic rings. The molecule has 2 N–H and O–H groups in total. The van der Waals surface area contributed by atoms with Gasteiger partial charge in [-0.25, -0.2) is 14.6 Å². The Labute approximate surface area is 128 Å². The fourth-order valence-electron chi connectivity index (χ4n) is 1.96. The molecule has 0 unspecified atom stereocenters. The zero-order valence-corrected chi connectivity index (χ0v) is 12.7. The molecule has 0 fully saturated rings. The number of carboxylic acids is 1. The Bertz CT molecular complexity index is 720. The van der Waals surface area contributed by atoms with Gasteiger partial charge in [-0.2, -0.15) is 0 Å². The Morgan fingerprint density at radius 3 is 2.59 bits per heavy atom. The lowest BCUT2D eigenvalue weighted by Gasteiger charge is -2.19. The van der Waals surface area contributed by atoms with Crippen LogP contribution in [0.25, 0.3) is 10.9 Å². The summed E-state index contributed by atoms with van der Waals surface area (Å²) in [5.41, 5.74) is 0.342. The maximum atomic E-state index is 11.7. The average molecular weight is 302 g/mol. The van der Waals surface area contributed by atoms with E-state index in [-0.39, 0.29) is 12.2 Å². The van der Waals surface area contributed by atoms with Gasteiger partial charge < -0.3 is 15.2 Å². The number of carbonyl (C=O) groups is 2. The second-order valence-corrected chi connectivity index (χ2v) is 5.85. The third kappa shape index (κ3) is 3.94. The lowest BCUT2D eigenvalue weighted by atomic mass is 10.1. The quantitative estimate of drug-likeness (QED) is 0.910. The Morgan fingerprint density at radius 2 is 1.95 bits per heavy atom. The second kappa shape index (κ2) is 6.01. The predicted octanol–water partition coefficient (Wildman–Crippen LogP) is 2.96. The lowest BCUT2D eigenvalue weighted by molar-refractivity contribution is 0.0520. The molecule has 0 atom stereocenters. The Balaban J connectivity index is 2.24. The van der Waals surface area contributed by atoms with Crippen LogP contribution in [0, 0.1) is 0 Å². The minimum Gasteiger partial charge on any atom is -0.477 e. The number of aromatic carboxylic acids is 1. The number of ether oxygens (including phenoxy) is 1. The Hall–Kier alpha value is -2.63. The smallest absolute Gasteiger partial charge is 0.407 e. The highest BCUT2D eigenvalue weighted by molar-refractivity contribution is 5.91. The van der Waals surface area contributed by atoms with Gasteiger partial charge in [0.1, 0.15) is 5.60 Å². The highest BCUT2D eigenvalue weighted by Crippen LogP contribution is 2.17. The molecule has 0 aliphatic carbocycles. The number of alkyl carbamates (subject to hydrolysis) is 1. The zero-order valence-electron chi connectivity index (χ0n) is 12.7. The van der Waals surface area contributed by atoms with E-state index in [0.717, 1.165) is 5.39 Å². The third-order valence-corrected chi connectivity index (χ3v) is 2.83. The summed E-state index contributed by atoms with van der Waals surface area (Å²) in [6.07, 6.45) is -0.600. The largest absolute Gasteiger partial charge is 0.477 e. The monoisotopic (exact) mass is 302 g/mol. The van der Waals surface area contributed by atoms with Crippen molar-refractivity contribution >= 4 is 23.0 Å². The summed E-state index contributed by atoms with van der Waals surface area (Å²) in [5, 5.41) is 12.6. The van der Waals surface area contributed by atoms with Crippen molar-refractivity contribution in [3.63, 3.8) is 0 Å². The number of amides is 1. The molecule has 0 radical (unpaired) electrons. The van der Waals surface area contributed by atoms with Gasteiger partial charge in [0.15, 0.2) is 5.69 Å². The van der Waals surface area contributed by atoms with E-state index in [9.17, 15) is 14.7 Å². The van der Waals surface area contributed by atoms with Crippen molar-refractivity contribution in [2.45, 2.75) is 32.9 Å². The van der Waals surface area contributed by atoms with E-state index in [4.69, 9.17) is 4.74 Å². The van der Waals surface area contributed by atoms with Crippen molar-refractivity contribution in [3.05, 3.63) is 41.6 Å². The highest BCUT2D eigenvalue weighted by atomic mass is 16.6. The summed E-state index contributed by atoms with van der Waals surface area (Å²) in [6.45, 7) is 5.31. The first-order valence-corrected chi connectivity index (χ1v) is 6.85. The number of hydrogen-bond acceptors (Lipinski definition) is 4. The van der Waals surface area contributed by atoms with Crippen molar-refractivity contribution in [2.24, 2.45) is 0 Å². The van der Waals surface area contributed by atoms with Gasteiger partial charge in [-0.1, -0.05) is 18.2 Å². The molecule has 1 amide bonds. The van der Waals surface area contributed by atoms with Gasteiger partial charge in [-0.15, -0.1) is 0 Å². The summed E-state index contributed by atoms with van der Waals surface area (Å²) in [6, 6.07) is 8.93. The van der Waals surface area contributed by atoms with Gasteiger partial charge in [-0.05, 0) is 32.9 Å². The fraction of sp³-hybridized carbons (Fsp3) is 0.312. The fourth-order valence-corrected chi connectivity index (χ4v) is 1.96. The molecule has 0 saturated heterocycles. The molecular formula is C16H18N2O4. The van der Waals surface area contributed by atoms with Crippen LogP contribution in [-0.2, 0) is 11.3 Å². The van der Waals surface area contributed by atoms with Crippen molar-refractivity contribution in [3.8, 4) is 0 Å². The molecule has 2 rings (SSSR count). The normalized spacial score (nSPS) is 11.2. The van der Waals surface area contributed by atoms with Crippen LogP contribution >= 0.6 is 0 Å². The third-order valence-electron chi connectivity index (χ3n) is 2.83. The van der Waals surface area contributed by atoms with Gasteiger partial charge in [0.25, 0.3) is 0 Å². The summed E-state index contributed by atoms with van der Waals surface area (Å²) in [4.78, 5) is 27.1. The molecule has 2 aromatic rings. The van der Waals surface area contributed by atoms with Gasteiger partial charge in [0, 0.05) is 17.5 Å². The summed E-state index contributed by atoms with van der Waals surface area (Å²) in [5.74, 6) is -1.13.